The first-order valence-corrected chi connectivity index (χ1v) is 9.47. The molecule has 0 fully saturated rings. The lowest BCUT2D eigenvalue weighted by atomic mass is 10.2. The zero-order chi connectivity index (χ0) is 18.2. The van der Waals surface area contributed by atoms with E-state index in [4.69, 9.17) is 0 Å². The lowest BCUT2D eigenvalue weighted by Gasteiger charge is -2.08. The molecule has 0 saturated carbocycles. The van der Waals surface area contributed by atoms with E-state index in [1.54, 1.807) is 11.9 Å². The van der Waals surface area contributed by atoms with Crippen molar-refractivity contribution in [2.24, 2.45) is 7.05 Å². The van der Waals surface area contributed by atoms with Gasteiger partial charge in [-0.3, -0.25) is 9.67 Å². The van der Waals surface area contributed by atoms with Crippen LogP contribution in [0.2, 0.25) is 0 Å². The van der Waals surface area contributed by atoms with Gasteiger partial charge in [-0.15, -0.1) is 0 Å². The molecule has 0 aliphatic heterocycles. The Morgan fingerprint density at radius 1 is 0.963 bits per heavy atom. The Hall–Kier alpha value is -3.25. The summed E-state index contributed by atoms with van der Waals surface area (Å²) in [6, 6.07) is 20.7. The molecule has 0 amide bonds. The van der Waals surface area contributed by atoms with Crippen LogP contribution < -0.4 is 4.72 Å². The van der Waals surface area contributed by atoms with Crippen molar-refractivity contribution in [3.63, 3.8) is 0 Å². The Balaban J connectivity index is 1.36. The number of H-pyrrole nitrogens is 1. The van der Waals surface area contributed by atoms with Crippen molar-refractivity contribution in [2.75, 3.05) is 4.72 Å². The van der Waals surface area contributed by atoms with Crippen LogP contribution in [0.4, 0.5) is 5.69 Å². The van der Waals surface area contributed by atoms with E-state index in [0.717, 1.165) is 38.4 Å². The van der Waals surface area contributed by atoms with Crippen molar-refractivity contribution in [1.29, 1.82) is 0 Å². The lowest BCUT2D eigenvalue weighted by Crippen LogP contribution is -1.94. The zero-order valence-electron chi connectivity index (χ0n) is 14.7. The highest BCUT2D eigenvalue weighted by Gasteiger charge is 2.07. The van der Waals surface area contributed by atoms with Gasteiger partial charge in [-0.2, -0.15) is 5.10 Å². The smallest absolute Gasteiger partial charge is 0.0918 e. The van der Waals surface area contributed by atoms with Gasteiger partial charge < -0.3 is 9.71 Å². The first-order valence-electron chi connectivity index (χ1n) is 8.66. The molecule has 2 aromatic carbocycles. The largest absolute Gasteiger partial charge is 0.353 e. The molecule has 27 heavy (non-hydrogen) atoms. The molecule has 0 bridgehead atoms. The summed E-state index contributed by atoms with van der Waals surface area (Å²) in [6.07, 6.45) is 3.77. The van der Waals surface area contributed by atoms with Crippen LogP contribution in [0.3, 0.4) is 0 Å². The summed E-state index contributed by atoms with van der Waals surface area (Å²) in [5, 5.41) is 6.64. The Morgan fingerprint density at radius 3 is 2.70 bits per heavy atom. The number of aromatic amines is 1. The molecule has 0 atom stereocenters. The average molecular weight is 371 g/mol. The molecular weight excluding hydrogens is 354 g/mol. The molecule has 0 spiro atoms. The topological polar surface area (TPSA) is 58.5 Å². The van der Waals surface area contributed by atoms with E-state index in [2.05, 4.69) is 56.2 Å². The lowest BCUT2D eigenvalue weighted by molar-refractivity contribution is 0.798. The van der Waals surface area contributed by atoms with E-state index in [1.807, 2.05) is 48.4 Å². The third-order valence-corrected chi connectivity index (χ3v) is 5.38. The van der Waals surface area contributed by atoms with Gasteiger partial charge in [-0.25, -0.2) is 0 Å². The van der Waals surface area contributed by atoms with Crippen LogP contribution in [0.1, 0.15) is 0 Å². The second kappa shape index (κ2) is 6.48. The summed E-state index contributed by atoms with van der Waals surface area (Å²) >= 11 is 1.55. The molecular formula is C21H17N5S. The number of fused-ring (bicyclic) bond motifs is 2. The summed E-state index contributed by atoms with van der Waals surface area (Å²) in [5.74, 6) is 0. The number of rotatable bonds is 4. The first kappa shape index (κ1) is 16.0. The van der Waals surface area contributed by atoms with E-state index in [9.17, 15) is 0 Å². The molecule has 6 heteroatoms. The van der Waals surface area contributed by atoms with Crippen molar-refractivity contribution in [3.05, 3.63) is 73.1 Å². The number of nitrogens with one attached hydrogen (secondary N) is 2. The quantitative estimate of drug-likeness (QED) is 0.424. The van der Waals surface area contributed by atoms with E-state index in [-0.39, 0.29) is 0 Å². The number of nitrogens with zero attached hydrogens (tertiary/aromatic N) is 3. The van der Waals surface area contributed by atoms with E-state index in [1.165, 1.54) is 5.39 Å². The molecule has 0 saturated heterocycles. The number of pyridine rings is 1. The maximum absolute atomic E-state index is 4.62. The van der Waals surface area contributed by atoms with E-state index in [0.29, 0.717) is 0 Å². The van der Waals surface area contributed by atoms with Crippen LogP contribution in [0.15, 0.2) is 78.0 Å². The Bertz CT molecular complexity index is 1200. The minimum Gasteiger partial charge on any atom is -0.353 e. The van der Waals surface area contributed by atoms with Crippen LogP contribution >= 0.6 is 11.9 Å². The predicted molar refractivity (Wildman–Crippen MR) is 112 cm³/mol. The molecule has 0 aliphatic rings. The predicted octanol–water partition coefficient (Wildman–Crippen LogP) is 5.24. The number of hydrogen-bond acceptors (Lipinski definition) is 4. The number of benzene rings is 2. The van der Waals surface area contributed by atoms with Crippen LogP contribution in [-0.2, 0) is 7.05 Å². The molecule has 0 radical (unpaired) electrons. The molecule has 5 rings (SSSR count). The van der Waals surface area contributed by atoms with Crippen molar-refractivity contribution in [1.82, 2.24) is 19.7 Å². The van der Waals surface area contributed by atoms with Gasteiger partial charge in [0.15, 0.2) is 0 Å². The summed E-state index contributed by atoms with van der Waals surface area (Å²) in [4.78, 5) is 9.08. The normalized spacial score (nSPS) is 11.3. The molecule has 0 unspecified atom stereocenters. The molecule has 5 nitrogen and oxygen atoms in total. The van der Waals surface area contributed by atoms with Gasteiger partial charge in [0.1, 0.15) is 0 Å². The van der Waals surface area contributed by atoms with Crippen LogP contribution in [-0.4, -0.2) is 19.7 Å². The first-order chi connectivity index (χ1) is 13.3. The van der Waals surface area contributed by atoms with Crippen molar-refractivity contribution in [3.8, 4) is 11.4 Å². The monoisotopic (exact) mass is 371 g/mol. The molecule has 3 aromatic heterocycles. The van der Waals surface area contributed by atoms with Gasteiger partial charge in [-0.05, 0) is 42.3 Å². The maximum atomic E-state index is 4.62. The minimum atomic E-state index is 0.935. The highest BCUT2D eigenvalue weighted by molar-refractivity contribution is 8.00. The van der Waals surface area contributed by atoms with Gasteiger partial charge in [0.25, 0.3) is 0 Å². The second-order valence-corrected chi connectivity index (χ2v) is 7.24. The highest BCUT2D eigenvalue weighted by Crippen LogP contribution is 2.29. The van der Waals surface area contributed by atoms with Gasteiger partial charge in [0.2, 0.25) is 0 Å². The standard InChI is InChI=1S/C21H17N5S/c1-26-21-15(12-23-26)6-4-8-19(21)25-27-16-9-10-18(22-13-16)20-11-14-5-2-3-7-17(14)24-20/h2-13,24-25H,1H3. The summed E-state index contributed by atoms with van der Waals surface area (Å²) in [5.41, 5.74) is 5.22. The fourth-order valence-electron chi connectivity index (χ4n) is 3.24. The van der Waals surface area contributed by atoms with Crippen LogP contribution in [0.25, 0.3) is 33.2 Å². The van der Waals surface area contributed by atoms with Gasteiger partial charge in [-0.1, -0.05) is 30.3 Å². The summed E-state index contributed by atoms with van der Waals surface area (Å²) < 4.78 is 5.30. The fraction of sp³-hybridized carbons (Fsp3) is 0.0476. The minimum absolute atomic E-state index is 0.935. The third-order valence-electron chi connectivity index (χ3n) is 4.58. The number of aromatic nitrogens is 4. The Kier molecular flexibility index (Phi) is 3.83. The number of hydrogen-bond donors (Lipinski definition) is 2. The Morgan fingerprint density at radius 2 is 1.85 bits per heavy atom. The van der Waals surface area contributed by atoms with Crippen LogP contribution in [0.5, 0.6) is 0 Å². The molecule has 0 aliphatic carbocycles. The number of anilines is 1. The highest BCUT2D eigenvalue weighted by atomic mass is 32.2. The maximum Gasteiger partial charge on any atom is 0.0918 e. The van der Waals surface area contributed by atoms with E-state index < -0.39 is 0 Å². The summed E-state index contributed by atoms with van der Waals surface area (Å²) in [7, 11) is 1.95. The van der Waals surface area contributed by atoms with E-state index >= 15 is 0 Å². The van der Waals surface area contributed by atoms with Gasteiger partial charge in [0.05, 0.1) is 28.8 Å². The van der Waals surface area contributed by atoms with Crippen molar-refractivity contribution < 1.29 is 0 Å². The summed E-state index contributed by atoms with van der Waals surface area (Å²) in [6.45, 7) is 0. The molecule has 5 aromatic rings. The zero-order valence-corrected chi connectivity index (χ0v) is 15.5. The van der Waals surface area contributed by atoms with Crippen LogP contribution in [0, 0.1) is 0 Å². The van der Waals surface area contributed by atoms with Gasteiger partial charge in [0, 0.05) is 34.4 Å². The van der Waals surface area contributed by atoms with Gasteiger partial charge >= 0.3 is 0 Å². The second-order valence-electron chi connectivity index (χ2n) is 6.37. The fourth-order valence-corrected chi connectivity index (χ4v) is 3.87. The molecule has 132 valence electrons. The Labute approximate surface area is 160 Å². The SMILES string of the molecule is Cn1ncc2cccc(NSc3ccc(-c4cc5ccccc5[nH]4)nc3)c21. The van der Waals surface area contributed by atoms with Crippen molar-refractivity contribution >= 4 is 39.4 Å². The molecule has 2 N–H and O–H groups in total. The number of aryl methyl sites for hydroxylation is 1. The van der Waals surface area contributed by atoms with Crippen molar-refractivity contribution in [2.45, 2.75) is 4.90 Å². The third kappa shape index (κ3) is 2.94. The number of para-hydroxylation sites is 2. The molecule has 3 heterocycles. The average Bonchev–Trinajstić information content (AvgIpc) is 3.31.